The predicted molar refractivity (Wildman–Crippen MR) is 67.4 cm³/mol. The SMILES string of the molecule is COC[C@@H](N)c1cc(C)c(I)c(C)c1. The smallest absolute Gasteiger partial charge is 0.0655 e. The minimum atomic E-state index is -0.0191. The molecule has 0 aliphatic heterocycles. The molecule has 1 rings (SSSR count). The molecule has 14 heavy (non-hydrogen) atoms. The minimum absolute atomic E-state index is 0.0191. The van der Waals surface area contributed by atoms with Crippen molar-refractivity contribution in [1.82, 2.24) is 0 Å². The summed E-state index contributed by atoms with van der Waals surface area (Å²) in [5, 5.41) is 0. The zero-order valence-corrected chi connectivity index (χ0v) is 11.0. The van der Waals surface area contributed by atoms with E-state index >= 15 is 0 Å². The highest BCUT2D eigenvalue weighted by molar-refractivity contribution is 14.1. The van der Waals surface area contributed by atoms with Gasteiger partial charge in [-0.05, 0) is 53.1 Å². The standard InChI is InChI=1S/C11H16INO/c1-7-4-9(10(13)6-14-3)5-8(2)11(7)12/h4-5,10H,6,13H2,1-3H3/t10-/m1/s1. The first-order chi connectivity index (χ1) is 6.56. The third-order valence-corrected chi connectivity index (χ3v) is 3.93. The normalized spacial score (nSPS) is 12.9. The van der Waals surface area contributed by atoms with Crippen molar-refractivity contribution in [2.75, 3.05) is 13.7 Å². The first kappa shape index (κ1) is 11.9. The quantitative estimate of drug-likeness (QED) is 0.871. The Bertz CT molecular complexity index is 302. The van der Waals surface area contributed by atoms with Gasteiger partial charge in [-0.15, -0.1) is 0 Å². The fourth-order valence-corrected chi connectivity index (χ4v) is 1.78. The second-order valence-electron chi connectivity index (χ2n) is 3.53. The number of rotatable bonds is 3. The lowest BCUT2D eigenvalue weighted by molar-refractivity contribution is 0.181. The molecule has 1 aromatic rings. The molecular weight excluding hydrogens is 289 g/mol. The zero-order valence-electron chi connectivity index (χ0n) is 8.80. The van der Waals surface area contributed by atoms with Crippen LogP contribution < -0.4 is 5.73 Å². The van der Waals surface area contributed by atoms with Gasteiger partial charge in [0.1, 0.15) is 0 Å². The van der Waals surface area contributed by atoms with Crippen LogP contribution in [0.1, 0.15) is 22.7 Å². The van der Waals surface area contributed by atoms with Crippen molar-refractivity contribution in [3.63, 3.8) is 0 Å². The van der Waals surface area contributed by atoms with Gasteiger partial charge in [-0.1, -0.05) is 12.1 Å². The average molecular weight is 305 g/mol. The summed E-state index contributed by atoms with van der Waals surface area (Å²) in [7, 11) is 1.67. The minimum Gasteiger partial charge on any atom is -0.383 e. The molecule has 0 bridgehead atoms. The molecule has 1 atom stereocenters. The van der Waals surface area contributed by atoms with E-state index in [4.69, 9.17) is 10.5 Å². The Morgan fingerprint density at radius 1 is 1.36 bits per heavy atom. The summed E-state index contributed by atoms with van der Waals surface area (Å²) in [5.74, 6) is 0. The molecule has 0 amide bonds. The van der Waals surface area contributed by atoms with Gasteiger partial charge in [0, 0.05) is 10.7 Å². The van der Waals surface area contributed by atoms with Gasteiger partial charge < -0.3 is 10.5 Å². The van der Waals surface area contributed by atoms with E-state index in [1.165, 1.54) is 14.7 Å². The second-order valence-corrected chi connectivity index (χ2v) is 4.61. The highest BCUT2D eigenvalue weighted by atomic mass is 127. The zero-order chi connectivity index (χ0) is 10.7. The van der Waals surface area contributed by atoms with Crippen LogP contribution >= 0.6 is 22.6 Å². The molecule has 0 saturated carbocycles. The van der Waals surface area contributed by atoms with Gasteiger partial charge in [-0.2, -0.15) is 0 Å². The molecule has 0 radical (unpaired) electrons. The summed E-state index contributed by atoms with van der Waals surface area (Å²) in [4.78, 5) is 0. The van der Waals surface area contributed by atoms with Crippen LogP contribution in [0.5, 0.6) is 0 Å². The average Bonchev–Trinajstić information content (AvgIpc) is 2.13. The van der Waals surface area contributed by atoms with Crippen molar-refractivity contribution in [3.8, 4) is 0 Å². The number of hydrogen-bond donors (Lipinski definition) is 1. The van der Waals surface area contributed by atoms with Crippen LogP contribution in [0.4, 0.5) is 0 Å². The maximum absolute atomic E-state index is 5.97. The molecule has 0 heterocycles. The fourth-order valence-electron chi connectivity index (χ4n) is 1.47. The number of aryl methyl sites for hydroxylation is 2. The Hall–Kier alpha value is -0.130. The topological polar surface area (TPSA) is 35.2 Å². The third kappa shape index (κ3) is 2.68. The highest BCUT2D eigenvalue weighted by Crippen LogP contribution is 2.21. The monoisotopic (exact) mass is 305 g/mol. The summed E-state index contributed by atoms with van der Waals surface area (Å²) in [6, 6.07) is 4.26. The van der Waals surface area contributed by atoms with E-state index in [0.717, 1.165) is 5.56 Å². The second kappa shape index (κ2) is 5.09. The summed E-state index contributed by atoms with van der Waals surface area (Å²) >= 11 is 2.36. The number of hydrogen-bond acceptors (Lipinski definition) is 2. The van der Waals surface area contributed by atoms with Crippen molar-refractivity contribution in [1.29, 1.82) is 0 Å². The van der Waals surface area contributed by atoms with E-state index in [1.54, 1.807) is 7.11 Å². The van der Waals surface area contributed by atoms with Crippen LogP contribution in [-0.4, -0.2) is 13.7 Å². The van der Waals surface area contributed by atoms with Crippen molar-refractivity contribution in [2.45, 2.75) is 19.9 Å². The molecule has 0 aromatic heterocycles. The van der Waals surface area contributed by atoms with E-state index in [2.05, 4.69) is 48.6 Å². The van der Waals surface area contributed by atoms with Crippen molar-refractivity contribution < 1.29 is 4.74 Å². The number of methoxy groups -OCH3 is 1. The van der Waals surface area contributed by atoms with E-state index in [1.807, 2.05) is 0 Å². The largest absolute Gasteiger partial charge is 0.383 e. The third-order valence-electron chi connectivity index (χ3n) is 2.23. The summed E-state index contributed by atoms with van der Waals surface area (Å²) < 4.78 is 6.36. The van der Waals surface area contributed by atoms with Crippen LogP contribution in [0, 0.1) is 17.4 Å². The maximum Gasteiger partial charge on any atom is 0.0655 e. The van der Waals surface area contributed by atoms with Crippen LogP contribution in [0.3, 0.4) is 0 Å². The Morgan fingerprint density at radius 2 is 1.86 bits per heavy atom. The van der Waals surface area contributed by atoms with Gasteiger partial charge in [0.05, 0.1) is 12.6 Å². The summed E-state index contributed by atoms with van der Waals surface area (Å²) in [6.45, 7) is 4.79. The van der Waals surface area contributed by atoms with Gasteiger partial charge >= 0.3 is 0 Å². The molecule has 0 spiro atoms. The Balaban J connectivity index is 3.00. The first-order valence-electron chi connectivity index (χ1n) is 4.57. The molecule has 1 aromatic carbocycles. The van der Waals surface area contributed by atoms with Crippen molar-refractivity contribution >= 4 is 22.6 Å². The molecule has 2 N–H and O–H groups in total. The number of nitrogens with two attached hydrogens (primary N) is 1. The van der Waals surface area contributed by atoms with Gasteiger partial charge in [-0.3, -0.25) is 0 Å². The highest BCUT2D eigenvalue weighted by Gasteiger charge is 2.08. The van der Waals surface area contributed by atoms with Gasteiger partial charge in [0.15, 0.2) is 0 Å². The van der Waals surface area contributed by atoms with E-state index in [9.17, 15) is 0 Å². The van der Waals surface area contributed by atoms with Crippen LogP contribution in [-0.2, 0) is 4.74 Å². The maximum atomic E-state index is 5.97. The number of benzene rings is 1. The number of halogens is 1. The fraction of sp³-hybridized carbons (Fsp3) is 0.455. The molecule has 0 fully saturated rings. The Kier molecular flexibility index (Phi) is 4.34. The molecule has 0 aliphatic rings. The van der Waals surface area contributed by atoms with Gasteiger partial charge in [-0.25, -0.2) is 0 Å². The molecule has 0 unspecified atom stereocenters. The lowest BCUT2D eigenvalue weighted by Gasteiger charge is -2.14. The number of ether oxygens (including phenoxy) is 1. The van der Waals surface area contributed by atoms with Crippen LogP contribution in [0.15, 0.2) is 12.1 Å². The van der Waals surface area contributed by atoms with Crippen molar-refractivity contribution in [3.05, 3.63) is 32.4 Å². The first-order valence-corrected chi connectivity index (χ1v) is 5.65. The summed E-state index contributed by atoms with van der Waals surface area (Å²) in [5.41, 5.74) is 9.69. The molecule has 3 heteroatoms. The molecular formula is C11H16INO. The summed E-state index contributed by atoms with van der Waals surface area (Å²) in [6.07, 6.45) is 0. The van der Waals surface area contributed by atoms with Gasteiger partial charge in [0.2, 0.25) is 0 Å². The molecule has 2 nitrogen and oxygen atoms in total. The molecule has 0 saturated heterocycles. The molecule has 78 valence electrons. The van der Waals surface area contributed by atoms with Gasteiger partial charge in [0.25, 0.3) is 0 Å². The van der Waals surface area contributed by atoms with E-state index in [-0.39, 0.29) is 6.04 Å². The Labute approximate surface area is 99.0 Å². The van der Waals surface area contributed by atoms with Crippen molar-refractivity contribution in [2.24, 2.45) is 5.73 Å². The van der Waals surface area contributed by atoms with Crippen LogP contribution in [0.25, 0.3) is 0 Å². The van der Waals surface area contributed by atoms with E-state index in [0.29, 0.717) is 6.61 Å². The predicted octanol–water partition coefficient (Wildman–Crippen LogP) is 2.55. The van der Waals surface area contributed by atoms with E-state index < -0.39 is 0 Å². The Morgan fingerprint density at radius 3 is 2.29 bits per heavy atom. The molecule has 0 aliphatic carbocycles. The van der Waals surface area contributed by atoms with Crippen LogP contribution in [0.2, 0.25) is 0 Å². The lowest BCUT2D eigenvalue weighted by atomic mass is 10.0. The lowest BCUT2D eigenvalue weighted by Crippen LogP contribution is -2.16.